The molecule has 0 aliphatic carbocycles. The molecule has 1 aromatic rings. The molecule has 1 aromatic carbocycles. The summed E-state index contributed by atoms with van der Waals surface area (Å²) in [5.74, 6) is -1.80. The minimum atomic E-state index is -4.85. The van der Waals surface area contributed by atoms with E-state index in [1.54, 1.807) is 0 Å². The van der Waals surface area contributed by atoms with Crippen molar-refractivity contribution in [2.24, 2.45) is 0 Å². The van der Waals surface area contributed by atoms with E-state index in [2.05, 4.69) is 17.4 Å². The van der Waals surface area contributed by atoms with Crippen molar-refractivity contribution < 1.29 is 27.8 Å². The lowest BCUT2D eigenvalue weighted by atomic mass is 10.1. The van der Waals surface area contributed by atoms with Crippen LogP contribution in [-0.2, 0) is 11.2 Å². The Morgan fingerprint density at radius 3 is 2.56 bits per heavy atom. The summed E-state index contributed by atoms with van der Waals surface area (Å²) in [5, 5.41) is 8.54. The van der Waals surface area contributed by atoms with Crippen LogP contribution in [0.1, 0.15) is 5.56 Å². The molecule has 0 amide bonds. The normalized spacial score (nSPS) is 11.2. The Kier molecular flexibility index (Phi) is 3.69. The second kappa shape index (κ2) is 4.65. The van der Waals surface area contributed by atoms with Gasteiger partial charge in [-0.15, -0.1) is 25.8 Å². The van der Waals surface area contributed by atoms with Gasteiger partial charge in [-0.05, 0) is 12.1 Å². The van der Waals surface area contributed by atoms with Crippen molar-refractivity contribution in [3.63, 3.8) is 0 Å². The van der Waals surface area contributed by atoms with Crippen LogP contribution < -0.4 is 4.74 Å². The van der Waals surface area contributed by atoms with Crippen LogP contribution in [0.4, 0.5) is 13.2 Å². The first-order valence-electron chi connectivity index (χ1n) is 4.08. The van der Waals surface area contributed by atoms with E-state index in [0.717, 1.165) is 6.07 Å². The number of carboxylic acids is 1. The molecule has 3 nitrogen and oxygen atoms in total. The zero-order chi connectivity index (χ0) is 12.3. The maximum atomic E-state index is 12.0. The standard InChI is InChI=1S/C9H7F3O3S/c10-9(11,12)15-6-2-1-3-7(16)5(6)4-8(13)14/h1-3,16H,4H2,(H,13,14). The topological polar surface area (TPSA) is 46.5 Å². The molecule has 0 saturated carbocycles. The number of benzene rings is 1. The number of rotatable bonds is 3. The van der Waals surface area contributed by atoms with Gasteiger partial charge in [-0.1, -0.05) is 6.07 Å². The van der Waals surface area contributed by atoms with Gasteiger partial charge in [-0.25, -0.2) is 0 Å². The number of alkyl halides is 3. The number of carbonyl (C=O) groups is 1. The van der Waals surface area contributed by atoms with E-state index in [-0.39, 0.29) is 10.5 Å². The molecule has 0 fully saturated rings. The molecule has 1 rings (SSSR count). The number of ether oxygens (including phenoxy) is 1. The van der Waals surface area contributed by atoms with Crippen molar-refractivity contribution in [2.45, 2.75) is 17.7 Å². The molecular weight excluding hydrogens is 245 g/mol. The Labute approximate surface area is 94.2 Å². The van der Waals surface area contributed by atoms with Gasteiger partial charge in [0.05, 0.1) is 6.42 Å². The molecule has 0 unspecified atom stereocenters. The molecule has 0 spiro atoms. The lowest BCUT2D eigenvalue weighted by Crippen LogP contribution is -2.19. The Morgan fingerprint density at radius 1 is 1.44 bits per heavy atom. The van der Waals surface area contributed by atoms with Gasteiger partial charge in [0, 0.05) is 10.5 Å². The van der Waals surface area contributed by atoms with Gasteiger partial charge in [0.15, 0.2) is 0 Å². The highest BCUT2D eigenvalue weighted by atomic mass is 32.1. The molecule has 0 bridgehead atoms. The molecular formula is C9H7F3O3S. The van der Waals surface area contributed by atoms with E-state index in [1.807, 2.05) is 0 Å². The van der Waals surface area contributed by atoms with Crippen molar-refractivity contribution in [2.75, 3.05) is 0 Å². The molecule has 88 valence electrons. The fourth-order valence-electron chi connectivity index (χ4n) is 1.10. The number of halogens is 3. The van der Waals surface area contributed by atoms with Crippen LogP contribution in [0.3, 0.4) is 0 Å². The molecule has 1 N–H and O–H groups in total. The predicted octanol–water partition coefficient (Wildman–Crippen LogP) is 2.50. The van der Waals surface area contributed by atoms with Gasteiger partial charge < -0.3 is 9.84 Å². The SMILES string of the molecule is O=C(O)Cc1c(S)cccc1OC(F)(F)F. The molecule has 0 aliphatic heterocycles. The van der Waals surface area contributed by atoms with Crippen LogP contribution >= 0.6 is 12.6 Å². The average Bonchev–Trinajstić information content (AvgIpc) is 2.08. The van der Waals surface area contributed by atoms with Crippen LogP contribution in [-0.4, -0.2) is 17.4 Å². The van der Waals surface area contributed by atoms with Gasteiger partial charge in [0.2, 0.25) is 0 Å². The fourth-order valence-corrected chi connectivity index (χ4v) is 1.38. The maximum Gasteiger partial charge on any atom is 0.573 e. The lowest BCUT2D eigenvalue weighted by Gasteiger charge is -2.13. The highest BCUT2D eigenvalue weighted by Gasteiger charge is 2.32. The van der Waals surface area contributed by atoms with Crippen molar-refractivity contribution in [3.05, 3.63) is 23.8 Å². The summed E-state index contributed by atoms with van der Waals surface area (Å²) in [4.78, 5) is 10.6. The minimum absolute atomic E-state index is 0.101. The van der Waals surface area contributed by atoms with Crippen LogP contribution in [0.15, 0.2) is 23.1 Å². The van der Waals surface area contributed by atoms with Gasteiger partial charge >= 0.3 is 12.3 Å². The van der Waals surface area contributed by atoms with E-state index in [9.17, 15) is 18.0 Å². The monoisotopic (exact) mass is 252 g/mol. The minimum Gasteiger partial charge on any atom is -0.481 e. The Balaban J connectivity index is 3.07. The average molecular weight is 252 g/mol. The number of thiol groups is 1. The third-order valence-electron chi connectivity index (χ3n) is 1.66. The lowest BCUT2D eigenvalue weighted by molar-refractivity contribution is -0.275. The van der Waals surface area contributed by atoms with Crippen LogP contribution in [0.5, 0.6) is 5.75 Å². The summed E-state index contributed by atoms with van der Waals surface area (Å²) in [6.45, 7) is 0. The first-order valence-corrected chi connectivity index (χ1v) is 4.52. The van der Waals surface area contributed by atoms with Crippen LogP contribution in [0.2, 0.25) is 0 Å². The summed E-state index contributed by atoms with van der Waals surface area (Å²) in [6.07, 6.45) is -5.43. The van der Waals surface area contributed by atoms with Crippen molar-refractivity contribution in [3.8, 4) is 5.75 Å². The van der Waals surface area contributed by atoms with E-state index in [4.69, 9.17) is 5.11 Å². The molecule has 0 saturated heterocycles. The molecule has 0 aliphatic rings. The highest BCUT2D eigenvalue weighted by molar-refractivity contribution is 7.80. The third kappa shape index (κ3) is 3.65. The highest BCUT2D eigenvalue weighted by Crippen LogP contribution is 2.30. The summed E-state index contributed by atoms with van der Waals surface area (Å²) in [6, 6.07) is 3.74. The van der Waals surface area contributed by atoms with E-state index >= 15 is 0 Å². The fraction of sp³-hybridized carbons (Fsp3) is 0.222. The maximum absolute atomic E-state index is 12.0. The Hall–Kier alpha value is -1.37. The zero-order valence-electron chi connectivity index (χ0n) is 7.78. The zero-order valence-corrected chi connectivity index (χ0v) is 8.68. The van der Waals surface area contributed by atoms with E-state index in [0.29, 0.717) is 0 Å². The number of hydrogen-bond donors (Lipinski definition) is 2. The Bertz CT molecular complexity index is 403. The molecule has 0 radical (unpaired) electrons. The second-order valence-electron chi connectivity index (χ2n) is 2.87. The quantitative estimate of drug-likeness (QED) is 0.812. The summed E-state index contributed by atoms with van der Waals surface area (Å²) in [7, 11) is 0. The van der Waals surface area contributed by atoms with Crippen molar-refractivity contribution in [1.82, 2.24) is 0 Å². The molecule has 16 heavy (non-hydrogen) atoms. The first-order chi connectivity index (χ1) is 7.29. The van der Waals surface area contributed by atoms with Gasteiger partial charge in [-0.3, -0.25) is 4.79 Å². The van der Waals surface area contributed by atoms with E-state index in [1.165, 1.54) is 12.1 Å². The largest absolute Gasteiger partial charge is 0.573 e. The van der Waals surface area contributed by atoms with Gasteiger partial charge in [-0.2, -0.15) is 0 Å². The molecule has 0 aromatic heterocycles. The third-order valence-corrected chi connectivity index (χ3v) is 2.08. The summed E-state index contributed by atoms with van der Waals surface area (Å²) < 4.78 is 39.7. The van der Waals surface area contributed by atoms with Gasteiger partial charge in [0.25, 0.3) is 0 Å². The number of carboxylic acid groups (broad SMARTS) is 1. The number of aliphatic carboxylic acids is 1. The second-order valence-corrected chi connectivity index (χ2v) is 3.35. The Morgan fingerprint density at radius 2 is 2.06 bits per heavy atom. The summed E-state index contributed by atoms with van der Waals surface area (Å²) >= 11 is 3.88. The molecule has 0 atom stereocenters. The van der Waals surface area contributed by atoms with Crippen LogP contribution in [0, 0.1) is 0 Å². The first kappa shape index (κ1) is 12.7. The molecule has 7 heteroatoms. The number of hydrogen-bond acceptors (Lipinski definition) is 3. The van der Waals surface area contributed by atoms with E-state index < -0.39 is 24.5 Å². The van der Waals surface area contributed by atoms with Gasteiger partial charge in [0.1, 0.15) is 5.75 Å². The van der Waals surface area contributed by atoms with Crippen molar-refractivity contribution >= 4 is 18.6 Å². The smallest absolute Gasteiger partial charge is 0.481 e. The predicted molar refractivity (Wildman–Crippen MR) is 51.7 cm³/mol. The summed E-state index contributed by atoms with van der Waals surface area (Å²) in [5.41, 5.74) is -0.101. The van der Waals surface area contributed by atoms with Crippen molar-refractivity contribution in [1.29, 1.82) is 0 Å². The van der Waals surface area contributed by atoms with Crippen LogP contribution in [0.25, 0.3) is 0 Å². The molecule has 0 heterocycles.